The van der Waals surface area contributed by atoms with Crippen molar-refractivity contribution in [3.63, 3.8) is 0 Å². The van der Waals surface area contributed by atoms with Gasteiger partial charge in [-0.25, -0.2) is 0 Å². The third-order valence-electron chi connectivity index (χ3n) is 2.52. The first-order chi connectivity index (χ1) is 9.56. The fourth-order valence-electron chi connectivity index (χ4n) is 1.57. The first-order valence-electron chi connectivity index (χ1n) is 5.79. The quantitative estimate of drug-likeness (QED) is 0.740. The maximum atomic E-state index is 11.9. The third kappa shape index (κ3) is 4.23. The molecule has 2 aromatic rings. The average molecular weight is 419 g/mol. The summed E-state index contributed by atoms with van der Waals surface area (Å²) in [6.45, 7) is 0.153. The molecule has 1 amide bonds. The van der Waals surface area contributed by atoms with Crippen molar-refractivity contribution in [2.75, 3.05) is 17.2 Å². The van der Waals surface area contributed by atoms with Crippen LogP contribution in [0, 0.1) is 0 Å². The molecule has 0 aromatic heterocycles. The van der Waals surface area contributed by atoms with Gasteiger partial charge in [-0.1, -0.05) is 23.7 Å². The van der Waals surface area contributed by atoms with Crippen molar-refractivity contribution < 1.29 is 4.79 Å². The molecule has 2 N–H and O–H groups in total. The van der Waals surface area contributed by atoms with E-state index in [1.54, 1.807) is 12.1 Å². The highest BCUT2D eigenvalue weighted by molar-refractivity contribution is 9.11. The van der Waals surface area contributed by atoms with Crippen LogP contribution in [0.4, 0.5) is 11.4 Å². The predicted molar refractivity (Wildman–Crippen MR) is 90.4 cm³/mol. The second-order valence-corrected chi connectivity index (χ2v) is 6.15. The maximum absolute atomic E-state index is 11.9. The van der Waals surface area contributed by atoms with Crippen LogP contribution in [0.3, 0.4) is 0 Å². The van der Waals surface area contributed by atoms with Gasteiger partial charge >= 0.3 is 0 Å². The largest absolute Gasteiger partial charge is 0.375 e. The van der Waals surface area contributed by atoms with Gasteiger partial charge in [-0.2, -0.15) is 0 Å². The summed E-state index contributed by atoms with van der Waals surface area (Å²) in [6, 6.07) is 12.8. The second-order valence-electron chi connectivity index (χ2n) is 4.01. The Balaban J connectivity index is 1.96. The molecule has 0 saturated heterocycles. The number of nitrogens with one attached hydrogen (secondary N) is 2. The van der Waals surface area contributed by atoms with E-state index in [1.165, 1.54) is 0 Å². The van der Waals surface area contributed by atoms with Gasteiger partial charge in [-0.05, 0) is 62.2 Å². The van der Waals surface area contributed by atoms with Crippen molar-refractivity contribution in [2.45, 2.75) is 0 Å². The molecule has 0 atom stereocenters. The number of hydrogen-bond acceptors (Lipinski definition) is 2. The summed E-state index contributed by atoms with van der Waals surface area (Å²) in [4.78, 5) is 11.9. The number of benzene rings is 2. The number of hydrogen-bond donors (Lipinski definition) is 2. The molecule has 20 heavy (non-hydrogen) atoms. The van der Waals surface area contributed by atoms with Crippen LogP contribution in [0.1, 0.15) is 0 Å². The summed E-state index contributed by atoms with van der Waals surface area (Å²) >= 11 is 12.7. The number of para-hydroxylation sites is 1. The van der Waals surface area contributed by atoms with Crippen molar-refractivity contribution in [1.82, 2.24) is 0 Å². The lowest BCUT2D eigenvalue weighted by Gasteiger charge is -2.10. The zero-order chi connectivity index (χ0) is 14.5. The molecule has 0 saturated carbocycles. The van der Waals surface area contributed by atoms with E-state index in [4.69, 9.17) is 11.6 Å². The standard InChI is InChI=1S/C14H11Br2ClN2O/c15-10-3-1-2-4-12(10)19-14(20)8-18-13-7-9(17)5-6-11(13)16/h1-7,18H,8H2,(H,19,20). The lowest BCUT2D eigenvalue weighted by molar-refractivity contribution is -0.114. The van der Waals surface area contributed by atoms with Crippen molar-refractivity contribution in [3.8, 4) is 0 Å². The highest BCUT2D eigenvalue weighted by Crippen LogP contribution is 2.26. The lowest BCUT2D eigenvalue weighted by atomic mass is 10.3. The minimum absolute atomic E-state index is 0.135. The molecule has 2 rings (SSSR count). The summed E-state index contributed by atoms with van der Waals surface area (Å²) in [7, 11) is 0. The highest BCUT2D eigenvalue weighted by atomic mass is 79.9. The SMILES string of the molecule is O=C(CNc1cc(Cl)ccc1Br)Nc1ccccc1Br. The summed E-state index contributed by atoms with van der Waals surface area (Å²) in [5.41, 5.74) is 1.52. The van der Waals surface area contributed by atoms with Gasteiger partial charge in [0, 0.05) is 14.0 Å². The van der Waals surface area contributed by atoms with E-state index in [0.29, 0.717) is 5.02 Å². The normalized spacial score (nSPS) is 10.2. The van der Waals surface area contributed by atoms with E-state index >= 15 is 0 Å². The molecule has 0 radical (unpaired) electrons. The van der Waals surface area contributed by atoms with Crippen LogP contribution in [-0.4, -0.2) is 12.5 Å². The summed E-state index contributed by atoms with van der Waals surface area (Å²) in [6.07, 6.45) is 0. The number of carbonyl (C=O) groups excluding carboxylic acids is 1. The number of anilines is 2. The summed E-state index contributed by atoms with van der Waals surface area (Å²) in [5.74, 6) is -0.135. The van der Waals surface area contributed by atoms with E-state index in [1.807, 2.05) is 30.3 Å². The lowest BCUT2D eigenvalue weighted by Crippen LogP contribution is -2.22. The molecular formula is C14H11Br2ClN2O. The molecule has 0 fully saturated rings. The van der Waals surface area contributed by atoms with Crippen molar-refractivity contribution in [2.24, 2.45) is 0 Å². The first kappa shape index (κ1) is 15.4. The van der Waals surface area contributed by atoms with Crippen LogP contribution in [0.15, 0.2) is 51.4 Å². The topological polar surface area (TPSA) is 41.1 Å². The fraction of sp³-hybridized carbons (Fsp3) is 0.0714. The first-order valence-corrected chi connectivity index (χ1v) is 7.76. The Labute approximate surface area is 139 Å². The Hall–Kier alpha value is -1.04. The van der Waals surface area contributed by atoms with Crippen LogP contribution in [0.25, 0.3) is 0 Å². The Morgan fingerprint density at radius 3 is 2.50 bits per heavy atom. The van der Waals surface area contributed by atoms with Crippen LogP contribution in [0.5, 0.6) is 0 Å². The van der Waals surface area contributed by atoms with Gasteiger partial charge in [0.15, 0.2) is 0 Å². The second kappa shape index (κ2) is 7.11. The number of amides is 1. The third-order valence-corrected chi connectivity index (χ3v) is 4.13. The van der Waals surface area contributed by atoms with E-state index in [-0.39, 0.29) is 12.5 Å². The van der Waals surface area contributed by atoms with Crippen LogP contribution < -0.4 is 10.6 Å². The zero-order valence-electron chi connectivity index (χ0n) is 10.3. The number of carbonyl (C=O) groups is 1. The Morgan fingerprint density at radius 1 is 1.05 bits per heavy atom. The summed E-state index contributed by atoms with van der Waals surface area (Å²) in [5, 5.41) is 6.47. The minimum Gasteiger partial charge on any atom is -0.375 e. The predicted octanol–water partition coefficient (Wildman–Crippen LogP) is 4.92. The van der Waals surface area contributed by atoms with E-state index < -0.39 is 0 Å². The molecule has 0 spiro atoms. The van der Waals surface area contributed by atoms with Crippen molar-refractivity contribution in [3.05, 3.63) is 56.4 Å². The van der Waals surface area contributed by atoms with Gasteiger partial charge in [-0.3, -0.25) is 4.79 Å². The fourth-order valence-corrected chi connectivity index (χ4v) is 2.51. The molecule has 0 aliphatic heterocycles. The van der Waals surface area contributed by atoms with Crippen LogP contribution >= 0.6 is 43.5 Å². The Bertz CT molecular complexity index is 634. The van der Waals surface area contributed by atoms with Crippen LogP contribution in [0.2, 0.25) is 5.02 Å². The molecule has 2 aromatic carbocycles. The van der Waals surface area contributed by atoms with Gasteiger partial charge in [0.2, 0.25) is 5.91 Å². The van der Waals surface area contributed by atoms with Crippen LogP contribution in [-0.2, 0) is 4.79 Å². The maximum Gasteiger partial charge on any atom is 0.243 e. The van der Waals surface area contributed by atoms with Gasteiger partial charge < -0.3 is 10.6 Å². The molecule has 0 unspecified atom stereocenters. The van der Waals surface area contributed by atoms with E-state index in [9.17, 15) is 4.79 Å². The van der Waals surface area contributed by atoms with Gasteiger partial charge in [0.1, 0.15) is 0 Å². The van der Waals surface area contributed by atoms with Crippen molar-refractivity contribution in [1.29, 1.82) is 0 Å². The highest BCUT2D eigenvalue weighted by Gasteiger charge is 2.06. The molecular weight excluding hydrogens is 407 g/mol. The Kier molecular flexibility index (Phi) is 5.46. The summed E-state index contributed by atoms with van der Waals surface area (Å²) < 4.78 is 1.70. The van der Waals surface area contributed by atoms with Gasteiger partial charge in [-0.15, -0.1) is 0 Å². The molecule has 0 bridgehead atoms. The van der Waals surface area contributed by atoms with Gasteiger partial charge in [0.25, 0.3) is 0 Å². The number of halogens is 3. The van der Waals surface area contributed by atoms with E-state index in [0.717, 1.165) is 20.3 Å². The molecule has 3 nitrogen and oxygen atoms in total. The number of rotatable bonds is 4. The smallest absolute Gasteiger partial charge is 0.243 e. The van der Waals surface area contributed by atoms with Crippen molar-refractivity contribution >= 4 is 60.7 Å². The molecule has 0 aliphatic carbocycles. The minimum atomic E-state index is -0.135. The molecule has 0 aliphatic rings. The Morgan fingerprint density at radius 2 is 1.75 bits per heavy atom. The molecule has 0 heterocycles. The monoisotopic (exact) mass is 416 g/mol. The zero-order valence-corrected chi connectivity index (χ0v) is 14.2. The molecule has 6 heteroatoms. The van der Waals surface area contributed by atoms with E-state index in [2.05, 4.69) is 42.5 Å². The molecule has 104 valence electrons. The van der Waals surface area contributed by atoms with Gasteiger partial charge in [0.05, 0.1) is 17.9 Å². The average Bonchev–Trinajstić information content (AvgIpc) is 2.42.